The highest BCUT2D eigenvalue weighted by Gasteiger charge is 2.49. The molecule has 2 aromatic heterocycles. The van der Waals surface area contributed by atoms with E-state index in [1.165, 1.54) is 42.5 Å². The van der Waals surface area contributed by atoms with Crippen molar-refractivity contribution in [3.63, 3.8) is 0 Å². The average molecular weight is 479 g/mol. The number of rotatable bonds is 5. The number of likely N-dealkylation sites (N-methyl/N-ethyl adjacent to an activating group) is 1. The first-order valence-corrected chi connectivity index (χ1v) is 10.9. The summed E-state index contributed by atoms with van der Waals surface area (Å²) in [6.45, 7) is 0.737. The molecule has 174 valence electrons. The number of halogens is 2. The van der Waals surface area contributed by atoms with Crippen LogP contribution in [0.4, 0.5) is 19.6 Å². The zero-order chi connectivity index (χ0) is 23.5. The van der Waals surface area contributed by atoms with Crippen LogP contribution in [0.25, 0.3) is 21.7 Å². The Morgan fingerprint density at radius 3 is 2.64 bits per heavy atom. The molecular weight excluding hydrogens is 460 g/mol. The third kappa shape index (κ3) is 3.52. The quantitative estimate of drug-likeness (QED) is 0.595. The molecule has 2 amide bonds. The molecule has 2 unspecified atom stereocenters. The minimum Gasteiger partial charge on any atom is -0.465 e. The van der Waals surface area contributed by atoms with Crippen molar-refractivity contribution >= 4 is 40.5 Å². The molecule has 10 nitrogen and oxygen atoms in total. The molecule has 3 aliphatic rings. The lowest BCUT2D eigenvalue weighted by Gasteiger charge is -2.54. The normalized spacial score (nSPS) is 20.0. The van der Waals surface area contributed by atoms with Gasteiger partial charge in [0.1, 0.15) is 5.01 Å². The minimum absolute atomic E-state index is 0.0262. The summed E-state index contributed by atoms with van der Waals surface area (Å²) in [7, 11) is 2.41. The van der Waals surface area contributed by atoms with E-state index in [0.29, 0.717) is 23.7 Å². The summed E-state index contributed by atoms with van der Waals surface area (Å²) >= 11 is 1.34. The molecule has 2 bridgehead atoms. The smallest absolute Gasteiger partial charge is 0.465 e. The maximum Gasteiger partial charge on any atom is 0.482 e. The predicted octanol–water partition coefficient (Wildman–Crippen LogP) is 2.95. The van der Waals surface area contributed by atoms with E-state index in [4.69, 9.17) is 9.15 Å². The maximum atomic E-state index is 14.4. The van der Waals surface area contributed by atoms with E-state index in [2.05, 4.69) is 9.97 Å². The van der Waals surface area contributed by atoms with Gasteiger partial charge in [-0.2, -0.15) is 13.8 Å². The van der Waals surface area contributed by atoms with Crippen molar-refractivity contribution in [3.05, 3.63) is 23.7 Å². The van der Waals surface area contributed by atoms with E-state index in [0.717, 1.165) is 11.3 Å². The summed E-state index contributed by atoms with van der Waals surface area (Å²) < 4.78 is 39.7. The van der Waals surface area contributed by atoms with Crippen LogP contribution >= 0.6 is 11.3 Å². The van der Waals surface area contributed by atoms with Gasteiger partial charge in [-0.05, 0) is 18.6 Å². The Morgan fingerprint density at radius 2 is 2.03 bits per heavy atom. The van der Waals surface area contributed by atoms with Crippen LogP contribution in [0.3, 0.4) is 0 Å². The largest absolute Gasteiger partial charge is 0.482 e. The SMILES string of the molecule is CN(C)C(=O)C(F)(F)Oc1ccc(-c2nccs2)c2oc(N3CC4CC(C3)N4C(=O)O)nc12. The van der Waals surface area contributed by atoms with E-state index < -0.39 is 18.1 Å². The highest BCUT2D eigenvalue weighted by Crippen LogP contribution is 2.41. The standard InChI is InChI=1S/C20H19F2N5O5S/c1-25(2)17(28)20(21,22)32-13-4-3-12(16-23-5-6-33-16)15-14(13)24-18(31-15)26-8-10-7-11(9-26)27(10)19(29)30/h3-6,10-11H,7-9H2,1-2H3,(H,29,30). The molecule has 0 spiro atoms. The number of benzene rings is 1. The van der Waals surface area contributed by atoms with Crippen LogP contribution < -0.4 is 9.64 Å². The molecule has 3 aliphatic heterocycles. The number of thiazole rings is 1. The highest BCUT2D eigenvalue weighted by molar-refractivity contribution is 7.13. The zero-order valence-electron chi connectivity index (χ0n) is 17.6. The number of nitrogens with zero attached hydrogens (tertiary/aromatic N) is 5. The number of piperazine rings is 1. The number of fused-ring (bicyclic) bond motifs is 3. The van der Waals surface area contributed by atoms with Gasteiger partial charge < -0.3 is 24.1 Å². The lowest BCUT2D eigenvalue weighted by atomic mass is 9.88. The number of hydrogen-bond acceptors (Lipinski definition) is 8. The van der Waals surface area contributed by atoms with E-state index in [1.807, 2.05) is 0 Å². The van der Waals surface area contributed by atoms with E-state index in [1.54, 1.807) is 16.5 Å². The van der Waals surface area contributed by atoms with Crippen LogP contribution in [0.5, 0.6) is 5.75 Å². The van der Waals surface area contributed by atoms with Gasteiger partial charge in [0.05, 0.1) is 17.6 Å². The predicted molar refractivity (Wildman–Crippen MR) is 114 cm³/mol. The van der Waals surface area contributed by atoms with E-state index in [-0.39, 0.29) is 34.9 Å². The highest BCUT2D eigenvalue weighted by atomic mass is 32.1. The second-order valence-electron chi connectivity index (χ2n) is 8.08. The van der Waals surface area contributed by atoms with Crippen LogP contribution in [0.1, 0.15) is 6.42 Å². The molecule has 33 heavy (non-hydrogen) atoms. The van der Waals surface area contributed by atoms with Crippen LogP contribution in [0.2, 0.25) is 0 Å². The fourth-order valence-electron chi connectivity index (χ4n) is 4.23. The molecule has 0 radical (unpaired) electrons. The zero-order valence-corrected chi connectivity index (χ0v) is 18.4. The summed E-state index contributed by atoms with van der Waals surface area (Å²) in [5.41, 5.74) is 0.765. The fourth-order valence-corrected chi connectivity index (χ4v) is 4.89. The summed E-state index contributed by atoms with van der Waals surface area (Å²) in [6, 6.07) is 2.63. The van der Waals surface area contributed by atoms with Gasteiger partial charge in [0.2, 0.25) is 0 Å². The van der Waals surface area contributed by atoms with Gasteiger partial charge in [-0.3, -0.25) is 9.69 Å². The summed E-state index contributed by atoms with van der Waals surface area (Å²) in [5, 5.41) is 11.7. The molecule has 3 fully saturated rings. The number of carboxylic acid groups (broad SMARTS) is 1. The van der Waals surface area contributed by atoms with Gasteiger partial charge in [0.25, 0.3) is 6.01 Å². The van der Waals surface area contributed by atoms with Crippen molar-refractivity contribution in [1.82, 2.24) is 19.8 Å². The Hall–Kier alpha value is -3.48. The first-order valence-electron chi connectivity index (χ1n) is 10.0. The number of piperidine rings is 1. The summed E-state index contributed by atoms with van der Waals surface area (Å²) in [5.74, 6) is -1.82. The van der Waals surface area contributed by atoms with Crippen LogP contribution in [-0.4, -0.2) is 82.3 Å². The number of oxazole rings is 1. The van der Waals surface area contributed by atoms with E-state index >= 15 is 0 Å². The molecular formula is C20H19F2N5O5S. The molecule has 3 saturated heterocycles. The topological polar surface area (TPSA) is 112 Å². The third-order valence-corrected chi connectivity index (χ3v) is 6.54. The van der Waals surface area contributed by atoms with Crippen LogP contribution in [-0.2, 0) is 4.79 Å². The minimum atomic E-state index is -4.10. The first-order chi connectivity index (χ1) is 15.7. The van der Waals surface area contributed by atoms with Crippen molar-refractivity contribution in [2.24, 2.45) is 0 Å². The van der Waals surface area contributed by atoms with Gasteiger partial charge in [-0.15, -0.1) is 11.3 Å². The Balaban J connectivity index is 1.54. The maximum absolute atomic E-state index is 14.4. The van der Waals surface area contributed by atoms with Gasteiger partial charge in [0.15, 0.2) is 16.8 Å². The summed E-state index contributed by atoms with van der Waals surface area (Å²) in [4.78, 5) is 35.9. The second-order valence-corrected chi connectivity index (χ2v) is 8.97. The van der Waals surface area contributed by atoms with Gasteiger partial charge in [0, 0.05) is 38.8 Å². The number of alkyl halides is 2. The van der Waals surface area contributed by atoms with Crippen molar-refractivity contribution in [2.75, 3.05) is 32.1 Å². The molecule has 0 aliphatic carbocycles. The van der Waals surface area contributed by atoms with E-state index in [9.17, 15) is 23.5 Å². The molecule has 1 aromatic carbocycles. The number of aromatic nitrogens is 2. The van der Waals surface area contributed by atoms with Gasteiger partial charge in [-0.1, -0.05) is 0 Å². The number of carbonyl (C=O) groups is 2. The summed E-state index contributed by atoms with van der Waals surface area (Å²) in [6.07, 6.45) is -2.72. The molecule has 1 N–H and O–H groups in total. The van der Waals surface area contributed by atoms with Crippen molar-refractivity contribution in [2.45, 2.75) is 24.6 Å². The molecule has 0 saturated carbocycles. The number of hydrogen-bond donors (Lipinski definition) is 1. The second kappa shape index (κ2) is 7.54. The number of carbonyl (C=O) groups excluding carboxylic acids is 1. The third-order valence-electron chi connectivity index (χ3n) is 5.74. The molecule has 5 heterocycles. The lowest BCUT2D eigenvalue weighted by molar-refractivity contribution is -0.200. The van der Waals surface area contributed by atoms with Crippen molar-refractivity contribution < 1.29 is 32.6 Å². The Kier molecular flexibility index (Phi) is 4.88. The van der Waals surface area contributed by atoms with Crippen molar-refractivity contribution in [3.8, 4) is 16.3 Å². The average Bonchev–Trinajstić information content (AvgIpc) is 3.43. The Morgan fingerprint density at radius 1 is 1.30 bits per heavy atom. The number of ether oxygens (including phenoxy) is 1. The Bertz CT molecular complexity index is 1220. The number of amides is 2. The van der Waals surface area contributed by atoms with Crippen LogP contribution in [0, 0.1) is 0 Å². The molecule has 6 rings (SSSR count). The lowest BCUT2D eigenvalue weighted by Crippen LogP contribution is -2.70. The van der Waals surface area contributed by atoms with Crippen molar-refractivity contribution in [1.29, 1.82) is 0 Å². The van der Waals surface area contributed by atoms with Crippen LogP contribution in [0.15, 0.2) is 28.1 Å². The number of anilines is 1. The molecule has 3 aromatic rings. The first kappa shape index (κ1) is 21.4. The Labute approximate surface area is 190 Å². The molecule has 13 heteroatoms. The molecule has 2 atom stereocenters. The fraction of sp³-hybridized carbons (Fsp3) is 0.400. The van der Waals surface area contributed by atoms with Gasteiger partial charge >= 0.3 is 18.1 Å². The monoisotopic (exact) mass is 479 g/mol. The van der Waals surface area contributed by atoms with Gasteiger partial charge in [-0.25, -0.2) is 9.78 Å².